The van der Waals surface area contributed by atoms with Crippen molar-refractivity contribution >= 4 is 33.4 Å². The second kappa shape index (κ2) is 9.39. The summed E-state index contributed by atoms with van der Waals surface area (Å²) in [6.45, 7) is 4.95. The molecule has 1 aromatic carbocycles. The number of sulfonamides is 1. The van der Waals surface area contributed by atoms with Gasteiger partial charge < -0.3 is 9.47 Å². The van der Waals surface area contributed by atoms with E-state index in [1.807, 2.05) is 0 Å². The van der Waals surface area contributed by atoms with E-state index in [9.17, 15) is 23.3 Å². The zero-order valence-electron chi connectivity index (χ0n) is 18.5. The van der Waals surface area contributed by atoms with Crippen LogP contribution in [0.3, 0.4) is 0 Å². The van der Waals surface area contributed by atoms with E-state index in [0.717, 1.165) is 29.9 Å². The highest BCUT2D eigenvalue weighted by atomic mass is 32.2. The monoisotopic (exact) mass is 494 g/mol. The molecular formula is C20H26N6O5S2. The van der Waals surface area contributed by atoms with Gasteiger partial charge in [-0.2, -0.15) is 4.31 Å². The van der Waals surface area contributed by atoms with Crippen molar-refractivity contribution in [3.05, 3.63) is 40.2 Å². The molecule has 0 radical (unpaired) electrons. The first kappa shape index (κ1) is 23.6. The Kier molecular flexibility index (Phi) is 6.73. The van der Waals surface area contributed by atoms with E-state index in [1.54, 1.807) is 4.90 Å². The van der Waals surface area contributed by atoms with E-state index in [-0.39, 0.29) is 54.3 Å². The molecule has 1 saturated carbocycles. The van der Waals surface area contributed by atoms with Crippen molar-refractivity contribution in [1.82, 2.24) is 24.0 Å². The molecule has 0 atom stereocenters. The first-order chi connectivity index (χ1) is 15.7. The largest absolute Gasteiger partial charge is 0.339 e. The van der Waals surface area contributed by atoms with Gasteiger partial charge >= 0.3 is 0 Å². The van der Waals surface area contributed by atoms with Crippen LogP contribution in [0.4, 0.5) is 5.69 Å². The number of hydrogen-bond donors (Lipinski definition) is 0. The Hall–Kier alpha value is -2.51. The molecule has 178 valence electrons. The quantitative estimate of drug-likeness (QED) is 0.310. The number of hydrogen-bond acceptors (Lipinski definition) is 8. The maximum Gasteiger partial charge on any atom is 0.270 e. The fourth-order valence-corrected chi connectivity index (χ4v) is 6.14. The summed E-state index contributed by atoms with van der Waals surface area (Å²) in [6.07, 6.45) is 2.19. The Morgan fingerprint density at radius 3 is 2.52 bits per heavy atom. The minimum absolute atomic E-state index is 0.0798. The fourth-order valence-electron chi connectivity index (χ4n) is 3.76. The van der Waals surface area contributed by atoms with Gasteiger partial charge in [-0.05, 0) is 18.9 Å². The van der Waals surface area contributed by atoms with Gasteiger partial charge in [0.1, 0.15) is 5.82 Å². The van der Waals surface area contributed by atoms with Crippen molar-refractivity contribution in [2.75, 3.05) is 31.9 Å². The normalized spacial score (nSPS) is 17.5. The summed E-state index contributed by atoms with van der Waals surface area (Å²) < 4.78 is 29.2. The maximum absolute atomic E-state index is 12.9. The van der Waals surface area contributed by atoms with Crippen molar-refractivity contribution in [2.45, 2.75) is 48.7 Å². The van der Waals surface area contributed by atoms with Gasteiger partial charge in [-0.3, -0.25) is 14.9 Å². The van der Waals surface area contributed by atoms with Crippen LogP contribution in [-0.2, 0) is 14.8 Å². The lowest BCUT2D eigenvalue weighted by Crippen LogP contribution is -2.51. The highest BCUT2D eigenvalue weighted by Gasteiger charge is 2.33. The Labute approximate surface area is 196 Å². The number of amides is 1. The van der Waals surface area contributed by atoms with Gasteiger partial charge in [0.15, 0.2) is 5.16 Å². The number of nitro benzene ring substituents is 1. The Bertz CT molecular complexity index is 1150. The van der Waals surface area contributed by atoms with Gasteiger partial charge in [0.05, 0.1) is 15.6 Å². The Morgan fingerprint density at radius 2 is 1.91 bits per heavy atom. The van der Waals surface area contributed by atoms with Crippen molar-refractivity contribution in [3.8, 4) is 0 Å². The number of piperazine rings is 1. The smallest absolute Gasteiger partial charge is 0.270 e. The van der Waals surface area contributed by atoms with Crippen LogP contribution in [0.2, 0.25) is 0 Å². The van der Waals surface area contributed by atoms with E-state index in [0.29, 0.717) is 6.04 Å². The van der Waals surface area contributed by atoms with Gasteiger partial charge in [0.25, 0.3) is 5.69 Å². The van der Waals surface area contributed by atoms with E-state index in [4.69, 9.17) is 0 Å². The lowest BCUT2D eigenvalue weighted by Gasteiger charge is -2.34. The van der Waals surface area contributed by atoms with E-state index in [1.165, 1.54) is 34.3 Å². The third-order valence-electron chi connectivity index (χ3n) is 5.70. The van der Waals surface area contributed by atoms with Crippen LogP contribution in [0.25, 0.3) is 0 Å². The van der Waals surface area contributed by atoms with E-state index in [2.05, 4.69) is 28.6 Å². The predicted octanol–water partition coefficient (Wildman–Crippen LogP) is 2.27. The number of carbonyl (C=O) groups is 1. The van der Waals surface area contributed by atoms with E-state index >= 15 is 0 Å². The summed E-state index contributed by atoms with van der Waals surface area (Å²) in [6, 6.07) is 5.43. The Balaban J connectivity index is 1.35. The number of benzene rings is 1. The van der Waals surface area contributed by atoms with E-state index < -0.39 is 14.9 Å². The molecule has 1 aromatic heterocycles. The number of non-ortho nitro benzene ring substituents is 1. The van der Waals surface area contributed by atoms with Crippen LogP contribution >= 0.6 is 11.8 Å². The summed E-state index contributed by atoms with van der Waals surface area (Å²) >= 11 is 1.37. The summed E-state index contributed by atoms with van der Waals surface area (Å²) in [5, 5.41) is 20.3. The SMILES string of the molecule is CC(C)c1nnc(SCC(=O)N2CCN(S(=O)(=O)c3cccc([N+](=O)[O-])c3)CC2)n1C1CC1. The molecule has 1 saturated heterocycles. The summed E-state index contributed by atoms with van der Waals surface area (Å²) in [5.74, 6) is 1.32. The van der Waals surface area contributed by atoms with Crippen LogP contribution < -0.4 is 0 Å². The van der Waals surface area contributed by atoms with Crippen LogP contribution in [0.1, 0.15) is 44.5 Å². The second-order valence-electron chi connectivity index (χ2n) is 8.42. The summed E-state index contributed by atoms with van der Waals surface area (Å²) in [7, 11) is -3.87. The zero-order chi connectivity index (χ0) is 23.8. The molecule has 4 rings (SSSR count). The van der Waals surface area contributed by atoms with Gasteiger partial charge in [-0.25, -0.2) is 8.42 Å². The minimum Gasteiger partial charge on any atom is -0.339 e. The predicted molar refractivity (Wildman–Crippen MR) is 122 cm³/mol. The third-order valence-corrected chi connectivity index (χ3v) is 8.52. The molecule has 13 heteroatoms. The number of thioether (sulfide) groups is 1. The Morgan fingerprint density at radius 1 is 1.21 bits per heavy atom. The van der Waals surface area contributed by atoms with Crippen LogP contribution in [0, 0.1) is 10.1 Å². The van der Waals surface area contributed by atoms with Crippen LogP contribution in [0.15, 0.2) is 34.3 Å². The number of nitrogens with zero attached hydrogens (tertiary/aromatic N) is 6. The van der Waals surface area contributed by atoms with Gasteiger partial charge in [-0.1, -0.05) is 31.7 Å². The zero-order valence-corrected chi connectivity index (χ0v) is 20.1. The molecule has 0 unspecified atom stereocenters. The average Bonchev–Trinajstić information content (AvgIpc) is 3.55. The molecule has 2 aromatic rings. The maximum atomic E-state index is 12.9. The standard InChI is InChI=1S/C20H26N6O5S2/c1-14(2)19-21-22-20(25(19)15-6-7-15)32-13-18(27)23-8-10-24(11-9-23)33(30,31)17-5-3-4-16(12-17)26(28)29/h3-5,12,14-15H,6-11,13H2,1-2H3. The van der Waals surface area contributed by atoms with Gasteiger partial charge in [0.2, 0.25) is 15.9 Å². The van der Waals surface area contributed by atoms with Crippen molar-refractivity contribution < 1.29 is 18.1 Å². The molecule has 0 N–H and O–H groups in total. The van der Waals surface area contributed by atoms with Crippen LogP contribution in [-0.4, -0.2) is 75.1 Å². The third kappa shape index (κ3) is 5.04. The molecule has 0 spiro atoms. The topological polar surface area (TPSA) is 132 Å². The van der Waals surface area contributed by atoms with Crippen molar-refractivity contribution in [2.24, 2.45) is 0 Å². The number of nitro groups is 1. The summed E-state index contributed by atoms with van der Waals surface area (Å²) in [5.41, 5.74) is -0.276. The number of rotatable bonds is 8. The first-order valence-corrected chi connectivity index (χ1v) is 13.2. The van der Waals surface area contributed by atoms with Gasteiger partial charge in [0, 0.05) is 50.3 Å². The van der Waals surface area contributed by atoms with Crippen molar-refractivity contribution in [1.29, 1.82) is 0 Å². The molecule has 11 nitrogen and oxygen atoms in total. The summed E-state index contributed by atoms with van der Waals surface area (Å²) in [4.78, 5) is 24.6. The average molecular weight is 495 g/mol. The molecular weight excluding hydrogens is 468 g/mol. The molecule has 1 aliphatic heterocycles. The molecule has 0 bridgehead atoms. The molecule has 2 aliphatic rings. The van der Waals surface area contributed by atoms with Gasteiger partial charge in [-0.15, -0.1) is 10.2 Å². The molecule has 1 amide bonds. The molecule has 2 fully saturated rings. The van der Waals surface area contributed by atoms with Crippen LogP contribution in [0.5, 0.6) is 0 Å². The number of carbonyl (C=O) groups excluding carboxylic acids is 1. The number of aromatic nitrogens is 3. The van der Waals surface area contributed by atoms with Crippen molar-refractivity contribution in [3.63, 3.8) is 0 Å². The fraction of sp³-hybridized carbons (Fsp3) is 0.550. The first-order valence-electron chi connectivity index (χ1n) is 10.8. The second-order valence-corrected chi connectivity index (χ2v) is 11.3. The highest BCUT2D eigenvalue weighted by Crippen LogP contribution is 2.40. The molecule has 2 heterocycles. The minimum atomic E-state index is -3.87. The molecule has 33 heavy (non-hydrogen) atoms. The lowest BCUT2D eigenvalue weighted by molar-refractivity contribution is -0.385. The highest BCUT2D eigenvalue weighted by molar-refractivity contribution is 7.99. The molecule has 1 aliphatic carbocycles. The lowest BCUT2D eigenvalue weighted by atomic mass is 10.2.